The highest BCUT2D eigenvalue weighted by Crippen LogP contribution is 1.97. The molecular weight excluding hydrogens is 156 g/mol. The van der Waals surface area contributed by atoms with Crippen molar-refractivity contribution in [3.05, 3.63) is 26.5 Å². The van der Waals surface area contributed by atoms with E-state index in [0.717, 1.165) is 0 Å². The monoisotopic (exact) mass is 158 g/mol. The van der Waals surface area contributed by atoms with Gasteiger partial charge < -0.3 is 15.3 Å². The molecule has 0 spiro atoms. The Balaban J connectivity index is 0.000000218. The predicted octanol–water partition coefficient (Wildman–Crippen LogP) is 0.0502. The van der Waals surface area contributed by atoms with Gasteiger partial charge >= 0.3 is 5.82 Å². The second-order valence-corrected chi connectivity index (χ2v) is 1.15. The van der Waals surface area contributed by atoms with Gasteiger partial charge in [0.15, 0.2) is 6.20 Å². The molecule has 58 valence electrons. The summed E-state index contributed by atoms with van der Waals surface area (Å²) in [6.07, 6.45) is 1.31. The normalized spacial score (nSPS) is 7.18. The zero-order valence-electron chi connectivity index (χ0n) is 5.04. The van der Waals surface area contributed by atoms with Crippen molar-refractivity contribution in [3.63, 3.8) is 0 Å². The summed E-state index contributed by atoms with van der Waals surface area (Å²) >= 11 is 0. The number of aromatic nitrogens is 3. The lowest BCUT2D eigenvalue weighted by Gasteiger charge is -1.74. The molecule has 1 aromatic heterocycles. The summed E-state index contributed by atoms with van der Waals surface area (Å²) in [7, 11) is 0. The summed E-state index contributed by atoms with van der Waals surface area (Å²) in [6, 6.07) is 0. The van der Waals surface area contributed by atoms with Crippen LogP contribution < -0.4 is 0 Å². The highest BCUT2D eigenvalue weighted by atomic mass is 16.9. The van der Waals surface area contributed by atoms with Gasteiger partial charge in [-0.05, 0) is 0 Å². The molecule has 1 heterocycles. The molecule has 0 aliphatic rings. The van der Waals surface area contributed by atoms with Crippen molar-refractivity contribution in [1.29, 1.82) is 5.39 Å². The third-order valence-electron chi connectivity index (χ3n) is 0.505. The zero-order chi connectivity index (χ0) is 8.69. The van der Waals surface area contributed by atoms with Crippen molar-refractivity contribution in [2.75, 3.05) is 0 Å². The number of H-pyrrole nitrogens is 1. The first-order valence-electron chi connectivity index (χ1n) is 2.19. The lowest BCUT2D eigenvalue weighted by Crippen LogP contribution is -1.74. The Hall–Kier alpha value is -2.24. The topological polar surface area (TPSA) is 136 Å². The molecule has 9 nitrogen and oxygen atoms in total. The first-order valence-corrected chi connectivity index (χ1v) is 2.19. The van der Waals surface area contributed by atoms with Crippen LogP contribution in [0, 0.1) is 20.7 Å². The van der Waals surface area contributed by atoms with Gasteiger partial charge in [0.1, 0.15) is 0 Å². The number of nitrogens with zero attached hydrogens (tertiary/aromatic N) is 5. The SMILES string of the molecule is N#[N+]c1cn[nH]n1.O=[N+]([O-])[O-]. The van der Waals surface area contributed by atoms with E-state index in [1.165, 1.54) is 6.20 Å². The Labute approximate surface area is 59.4 Å². The highest BCUT2D eigenvalue weighted by molar-refractivity contribution is 5.27. The van der Waals surface area contributed by atoms with Crippen LogP contribution in [0.3, 0.4) is 0 Å². The van der Waals surface area contributed by atoms with Gasteiger partial charge in [0.05, 0.1) is 15.6 Å². The molecule has 0 saturated carbocycles. The maximum Gasteiger partial charge on any atom is 0.507 e. The molecule has 0 bridgehead atoms. The molecule has 0 fully saturated rings. The fourth-order valence-electron chi connectivity index (χ4n) is 0.244. The van der Waals surface area contributed by atoms with Crippen LogP contribution in [-0.2, 0) is 0 Å². The van der Waals surface area contributed by atoms with E-state index in [0.29, 0.717) is 0 Å². The van der Waals surface area contributed by atoms with Crippen LogP contribution >= 0.6 is 0 Å². The number of rotatable bonds is 0. The van der Waals surface area contributed by atoms with E-state index in [1.54, 1.807) is 0 Å². The van der Waals surface area contributed by atoms with Gasteiger partial charge in [-0.1, -0.05) is 0 Å². The molecule has 0 unspecified atom stereocenters. The number of diazo groups is 1. The molecule has 0 saturated heterocycles. The summed E-state index contributed by atoms with van der Waals surface area (Å²) in [5.74, 6) is 0.194. The van der Waals surface area contributed by atoms with Crippen LogP contribution in [0.1, 0.15) is 0 Å². The van der Waals surface area contributed by atoms with E-state index >= 15 is 0 Å². The summed E-state index contributed by atoms with van der Waals surface area (Å²) in [5.41, 5.74) is 0. The van der Waals surface area contributed by atoms with Crippen LogP contribution in [0.2, 0.25) is 0 Å². The van der Waals surface area contributed by atoms with Crippen LogP contribution in [0.5, 0.6) is 0 Å². The molecule has 1 N–H and O–H groups in total. The number of aromatic amines is 1. The molecule has 0 radical (unpaired) electrons. The van der Waals surface area contributed by atoms with Gasteiger partial charge in [0, 0.05) is 4.98 Å². The Morgan fingerprint density at radius 1 is 1.73 bits per heavy atom. The first-order chi connectivity index (χ1) is 5.16. The minimum absolute atomic E-state index is 0.194. The molecule has 0 aromatic carbocycles. The fraction of sp³-hybridized carbons (Fsp3) is 0. The Morgan fingerprint density at radius 2 is 2.27 bits per heavy atom. The van der Waals surface area contributed by atoms with Crippen LogP contribution in [0.15, 0.2) is 6.20 Å². The average Bonchev–Trinajstić information content (AvgIpc) is 2.36. The number of hydrogen-bond acceptors (Lipinski definition) is 6. The molecule has 0 aliphatic heterocycles. The third kappa shape index (κ3) is 5.63. The maximum absolute atomic E-state index is 8.25. The van der Waals surface area contributed by atoms with E-state index in [-0.39, 0.29) is 5.82 Å². The molecule has 0 amide bonds. The number of hydrogen-bond donors (Lipinski definition) is 1. The minimum atomic E-state index is -1.75. The van der Waals surface area contributed by atoms with E-state index in [9.17, 15) is 0 Å². The van der Waals surface area contributed by atoms with Crippen LogP contribution in [0.25, 0.3) is 4.98 Å². The molecule has 1 aromatic rings. The minimum Gasteiger partial charge on any atom is -0.356 e. The largest absolute Gasteiger partial charge is 0.507 e. The van der Waals surface area contributed by atoms with Crippen molar-refractivity contribution >= 4 is 5.82 Å². The summed E-state index contributed by atoms with van der Waals surface area (Å²) in [5, 5.41) is 31.7. The third-order valence-corrected chi connectivity index (χ3v) is 0.505. The van der Waals surface area contributed by atoms with Crippen molar-refractivity contribution in [1.82, 2.24) is 15.4 Å². The van der Waals surface area contributed by atoms with Crippen molar-refractivity contribution in [2.45, 2.75) is 0 Å². The first kappa shape index (κ1) is 8.76. The van der Waals surface area contributed by atoms with E-state index < -0.39 is 5.09 Å². The van der Waals surface area contributed by atoms with Gasteiger partial charge in [-0.2, -0.15) is 0 Å². The van der Waals surface area contributed by atoms with Gasteiger partial charge in [-0.25, -0.2) is 0 Å². The summed E-state index contributed by atoms with van der Waals surface area (Å²) in [4.78, 5) is 11.0. The van der Waals surface area contributed by atoms with Crippen molar-refractivity contribution in [3.8, 4) is 0 Å². The van der Waals surface area contributed by atoms with E-state index in [1.807, 2.05) is 0 Å². The van der Waals surface area contributed by atoms with E-state index in [2.05, 4.69) is 20.4 Å². The Morgan fingerprint density at radius 3 is 2.45 bits per heavy atom. The molecule has 0 aliphatic carbocycles. The molecule has 9 heteroatoms. The summed E-state index contributed by atoms with van der Waals surface area (Å²) in [6.45, 7) is 0. The standard InChI is InChI=1S/C2H2N5.NO3/c3-5-2-1-4-7-6-2;2-1(3)4/h1H,(H,4,6,7);/q+1;-1. The molecule has 0 atom stereocenters. The quantitative estimate of drug-likeness (QED) is 0.321. The fourth-order valence-corrected chi connectivity index (χ4v) is 0.244. The lowest BCUT2D eigenvalue weighted by molar-refractivity contribution is -0.402. The molecule has 11 heavy (non-hydrogen) atoms. The van der Waals surface area contributed by atoms with Crippen LogP contribution in [-0.4, -0.2) is 20.5 Å². The van der Waals surface area contributed by atoms with Crippen molar-refractivity contribution < 1.29 is 5.09 Å². The smallest absolute Gasteiger partial charge is 0.356 e. The van der Waals surface area contributed by atoms with Gasteiger partial charge in [0.2, 0.25) is 0 Å². The Bertz CT molecular complexity index is 243. The number of nitrogens with one attached hydrogen (secondary N) is 1. The maximum atomic E-state index is 8.25. The van der Waals surface area contributed by atoms with Gasteiger partial charge in [-0.3, -0.25) is 0 Å². The lowest BCUT2D eigenvalue weighted by atomic mass is 10.8. The summed E-state index contributed by atoms with van der Waals surface area (Å²) < 4.78 is 0. The zero-order valence-corrected chi connectivity index (χ0v) is 5.04. The predicted molar refractivity (Wildman–Crippen MR) is 31.5 cm³/mol. The van der Waals surface area contributed by atoms with Gasteiger partial charge in [-0.15, -0.1) is 10.3 Å². The second-order valence-electron chi connectivity index (χ2n) is 1.15. The molecule has 1 rings (SSSR count). The molecular formula is C2H2N6O3. The highest BCUT2D eigenvalue weighted by Gasteiger charge is 2.02. The van der Waals surface area contributed by atoms with E-state index in [4.69, 9.17) is 20.7 Å². The van der Waals surface area contributed by atoms with Crippen LogP contribution in [0.4, 0.5) is 5.82 Å². The van der Waals surface area contributed by atoms with Crippen molar-refractivity contribution in [2.24, 2.45) is 0 Å². The average molecular weight is 158 g/mol. The Kier molecular flexibility index (Phi) is 3.68. The van der Waals surface area contributed by atoms with Gasteiger partial charge in [0.25, 0.3) is 0 Å². The second kappa shape index (κ2) is 4.62.